The highest BCUT2D eigenvalue weighted by Crippen LogP contribution is 2.29. The van der Waals surface area contributed by atoms with Gasteiger partial charge in [0.2, 0.25) is 0 Å². The molecule has 2 aromatic carbocycles. The number of hydrogen-bond acceptors (Lipinski definition) is 2. The van der Waals surface area contributed by atoms with Gasteiger partial charge in [0, 0.05) is 17.3 Å². The lowest BCUT2D eigenvalue weighted by Crippen LogP contribution is -2.35. The Morgan fingerprint density at radius 3 is 2.25 bits per heavy atom. The van der Waals surface area contributed by atoms with Gasteiger partial charge in [0.1, 0.15) is 0 Å². The molecule has 0 spiro atoms. The molecule has 2 N–H and O–H groups in total. The molecule has 4 nitrogen and oxygen atoms in total. The minimum atomic E-state index is -0.696. The van der Waals surface area contributed by atoms with Gasteiger partial charge in [-0.1, -0.05) is 68.8 Å². The molecule has 126 valence electrons. The molecule has 0 atom stereocenters. The van der Waals surface area contributed by atoms with Crippen LogP contribution in [0.25, 0.3) is 0 Å². The molecule has 0 aromatic heterocycles. The van der Waals surface area contributed by atoms with E-state index in [0.717, 1.165) is 11.1 Å². The monoisotopic (exact) mass is 344 g/mol. The lowest BCUT2D eigenvalue weighted by atomic mass is 9.86. The average Bonchev–Trinajstić information content (AvgIpc) is 2.53. The summed E-state index contributed by atoms with van der Waals surface area (Å²) in [5, 5.41) is 5.82. The van der Waals surface area contributed by atoms with Gasteiger partial charge in [-0.15, -0.1) is 0 Å². The van der Waals surface area contributed by atoms with Crippen LogP contribution in [0.3, 0.4) is 0 Å². The number of benzene rings is 2. The third-order valence-corrected chi connectivity index (χ3v) is 3.96. The van der Waals surface area contributed by atoms with Gasteiger partial charge in [0.05, 0.1) is 0 Å². The third-order valence-electron chi connectivity index (χ3n) is 3.59. The molecule has 0 saturated carbocycles. The second kappa shape index (κ2) is 7.49. The van der Waals surface area contributed by atoms with Crippen LogP contribution in [0.4, 0.5) is 5.69 Å². The van der Waals surface area contributed by atoms with E-state index in [4.69, 9.17) is 11.6 Å². The van der Waals surface area contributed by atoms with Crippen molar-refractivity contribution >= 4 is 29.1 Å². The molecular weight excluding hydrogens is 324 g/mol. The summed E-state index contributed by atoms with van der Waals surface area (Å²) in [4.78, 5) is 24.2. The van der Waals surface area contributed by atoms with E-state index < -0.39 is 11.8 Å². The Bertz CT molecular complexity index is 751. The molecule has 0 heterocycles. The van der Waals surface area contributed by atoms with Crippen LogP contribution in [0.2, 0.25) is 5.02 Å². The molecule has 2 rings (SSSR count). The van der Waals surface area contributed by atoms with Crippen LogP contribution < -0.4 is 10.6 Å². The first-order valence-corrected chi connectivity index (χ1v) is 8.09. The Balaban J connectivity index is 2.03. The molecule has 0 unspecified atom stereocenters. The maximum absolute atomic E-state index is 12.1. The van der Waals surface area contributed by atoms with Gasteiger partial charge in [0.25, 0.3) is 0 Å². The maximum atomic E-state index is 12.1. The van der Waals surface area contributed by atoms with Crippen LogP contribution in [-0.2, 0) is 21.5 Å². The van der Waals surface area contributed by atoms with Crippen molar-refractivity contribution < 1.29 is 9.59 Å². The number of nitrogens with one attached hydrogen (secondary N) is 2. The normalized spacial score (nSPS) is 11.0. The molecule has 2 aromatic rings. The van der Waals surface area contributed by atoms with Gasteiger partial charge >= 0.3 is 11.8 Å². The number of hydrogen-bond donors (Lipinski definition) is 2. The number of anilines is 1. The molecule has 24 heavy (non-hydrogen) atoms. The highest BCUT2D eigenvalue weighted by Gasteiger charge is 2.21. The summed E-state index contributed by atoms with van der Waals surface area (Å²) in [6.45, 7) is 6.35. The lowest BCUT2D eigenvalue weighted by molar-refractivity contribution is -0.136. The van der Waals surface area contributed by atoms with Crippen molar-refractivity contribution in [2.24, 2.45) is 0 Å². The number of rotatable bonds is 3. The van der Waals surface area contributed by atoms with Gasteiger partial charge in [-0.3, -0.25) is 9.59 Å². The molecule has 5 heteroatoms. The van der Waals surface area contributed by atoms with Crippen LogP contribution in [-0.4, -0.2) is 11.8 Å². The molecule has 0 aliphatic heterocycles. The molecule has 2 amide bonds. The Morgan fingerprint density at radius 1 is 0.958 bits per heavy atom. The molecule has 0 saturated heterocycles. The predicted octanol–water partition coefficient (Wildman–Crippen LogP) is 3.89. The Morgan fingerprint density at radius 2 is 1.58 bits per heavy atom. The number of amides is 2. The lowest BCUT2D eigenvalue weighted by Gasteiger charge is -2.22. The first-order valence-electron chi connectivity index (χ1n) is 7.71. The Labute approximate surface area is 147 Å². The van der Waals surface area contributed by atoms with Crippen LogP contribution in [0, 0.1) is 0 Å². The molecule has 0 fully saturated rings. The van der Waals surface area contributed by atoms with Crippen molar-refractivity contribution in [1.82, 2.24) is 5.32 Å². The second-order valence-corrected chi connectivity index (χ2v) is 6.93. The van der Waals surface area contributed by atoms with Gasteiger partial charge in [-0.25, -0.2) is 0 Å². The van der Waals surface area contributed by atoms with E-state index in [1.165, 1.54) is 0 Å². The highest BCUT2D eigenvalue weighted by atomic mass is 35.5. The third kappa shape index (κ3) is 4.59. The topological polar surface area (TPSA) is 58.2 Å². The van der Waals surface area contributed by atoms with E-state index in [1.54, 1.807) is 18.2 Å². The first-order chi connectivity index (χ1) is 11.3. The van der Waals surface area contributed by atoms with Crippen molar-refractivity contribution in [2.45, 2.75) is 32.7 Å². The summed E-state index contributed by atoms with van der Waals surface area (Å²) < 4.78 is 0. The summed E-state index contributed by atoms with van der Waals surface area (Å²) in [5.41, 5.74) is 2.23. The SMILES string of the molecule is CC(C)(C)c1ccccc1NC(=O)C(=O)NCc1ccccc1Cl. The van der Waals surface area contributed by atoms with E-state index in [1.807, 2.05) is 30.3 Å². The number of carbonyl (C=O) groups is 2. The van der Waals surface area contributed by atoms with Crippen molar-refractivity contribution in [2.75, 3.05) is 5.32 Å². The van der Waals surface area contributed by atoms with E-state index in [-0.39, 0.29) is 12.0 Å². The van der Waals surface area contributed by atoms with Crippen molar-refractivity contribution in [3.8, 4) is 0 Å². The summed E-state index contributed by atoms with van der Waals surface area (Å²) in [5.74, 6) is -1.39. The minimum absolute atomic E-state index is 0.141. The van der Waals surface area contributed by atoms with Gasteiger partial charge in [0.15, 0.2) is 0 Å². The highest BCUT2D eigenvalue weighted by molar-refractivity contribution is 6.39. The van der Waals surface area contributed by atoms with Crippen molar-refractivity contribution in [1.29, 1.82) is 0 Å². The Kier molecular flexibility index (Phi) is 5.62. The molecular formula is C19H21ClN2O2. The van der Waals surface area contributed by atoms with E-state index in [2.05, 4.69) is 31.4 Å². The zero-order valence-electron chi connectivity index (χ0n) is 14.0. The summed E-state index contributed by atoms with van der Waals surface area (Å²) in [7, 11) is 0. The van der Waals surface area contributed by atoms with Gasteiger partial charge < -0.3 is 10.6 Å². The molecule has 0 radical (unpaired) electrons. The van der Waals surface area contributed by atoms with Gasteiger partial charge in [-0.05, 0) is 28.7 Å². The van der Waals surface area contributed by atoms with Crippen LogP contribution in [0.1, 0.15) is 31.9 Å². The number of carbonyl (C=O) groups excluding carboxylic acids is 2. The zero-order valence-corrected chi connectivity index (χ0v) is 14.8. The fourth-order valence-electron chi connectivity index (χ4n) is 2.32. The quantitative estimate of drug-likeness (QED) is 0.830. The summed E-state index contributed by atoms with van der Waals surface area (Å²) >= 11 is 6.04. The van der Waals surface area contributed by atoms with Crippen LogP contribution in [0.5, 0.6) is 0 Å². The number of para-hydroxylation sites is 1. The fourth-order valence-corrected chi connectivity index (χ4v) is 2.53. The average molecular weight is 345 g/mol. The zero-order chi connectivity index (χ0) is 17.7. The first kappa shape index (κ1) is 18.0. The predicted molar refractivity (Wildman–Crippen MR) is 97.1 cm³/mol. The van der Waals surface area contributed by atoms with E-state index in [0.29, 0.717) is 10.7 Å². The smallest absolute Gasteiger partial charge is 0.313 e. The van der Waals surface area contributed by atoms with Gasteiger partial charge in [-0.2, -0.15) is 0 Å². The molecule has 0 aliphatic rings. The van der Waals surface area contributed by atoms with Crippen LogP contribution in [0.15, 0.2) is 48.5 Å². The Hall–Kier alpha value is -2.33. The van der Waals surface area contributed by atoms with E-state index in [9.17, 15) is 9.59 Å². The largest absolute Gasteiger partial charge is 0.344 e. The molecule has 0 aliphatic carbocycles. The van der Waals surface area contributed by atoms with E-state index >= 15 is 0 Å². The molecule has 0 bridgehead atoms. The second-order valence-electron chi connectivity index (χ2n) is 6.52. The fraction of sp³-hybridized carbons (Fsp3) is 0.263. The minimum Gasteiger partial charge on any atom is -0.344 e. The maximum Gasteiger partial charge on any atom is 0.313 e. The summed E-state index contributed by atoms with van der Waals surface area (Å²) in [6.07, 6.45) is 0. The summed E-state index contributed by atoms with van der Waals surface area (Å²) in [6, 6.07) is 14.6. The van der Waals surface area contributed by atoms with Crippen molar-refractivity contribution in [3.05, 3.63) is 64.7 Å². The van der Waals surface area contributed by atoms with Crippen molar-refractivity contribution in [3.63, 3.8) is 0 Å². The standard InChI is InChI=1S/C19H21ClN2O2/c1-19(2,3)14-9-5-7-11-16(14)22-18(24)17(23)21-12-13-8-4-6-10-15(13)20/h4-11H,12H2,1-3H3,(H,21,23)(H,22,24). The van der Waals surface area contributed by atoms with Crippen LogP contribution >= 0.6 is 11.6 Å². The number of halogens is 1.